The molecule has 1 aromatic carbocycles. The van der Waals surface area contributed by atoms with Crippen molar-refractivity contribution in [2.75, 3.05) is 19.7 Å². The van der Waals surface area contributed by atoms with Crippen molar-refractivity contribution in [3.63, 3.8) is 0 Å². The molecule has 1 aromatic heterocycles. The second-order valence-electron chi connectivity index (χ2n) is 6.53. The minimum absolute atomic E-state index is 0.0877. The predicted octanol–water partition coefficient (Wildman–Crippen LogP) is 1.28. The van der Waals surface area contributed by atoms with Crippen LogP contribution in [0.2, 0.25) is 0 Å². The highest BCUT2D eigenvalue weighted by Gasteiger charge is 2.29. The lowest BCUT2D eigenvalue weighted by atomic mass is 9.97. The molecule has 1 atom stereocenters. The maximum Gasteiger partial charge on any atom is 0.310 e. The smallest absolute Gasteiger partial charge is 0.310 e. The molecule has 7 heteroatoms. The van der Waals surface area contributed by atoms with E-state index < -0.39 is 0 Å². The van der Waals surface area contributed by atoms with Crippen LogP contribution in [0.1, 0.15) is 25.5 Å². The molecule has 1 aliphatic rings. The van der Waals surface area contributed by atoms with E-state index >= 15 is 0 Å². The van der Waals surface area contributed by atoms with Crippen LogP contribution in [0, 0.1) is 5.92 Å². The van der Waals surface area contributed by atoms with Crippen molar-refractivity contribution in [1.29, 1.82) is 0 Å². The number of rotatable bonds is 4. The topological polar surface area (TPSA) is 81.5 Å². The first-order valence-electron chi connectivity index (χ1n) is 8.90. The largest absolute Gasteiger partial charge is 0.466 e. The number of aromatic nitrogens is 2. The summed E-state index contributed by atoms with van der Waals surface area (Å²) in [6.07, 6.45) is 1.62. The third-order valence-electron chi connectivity index (χ3n) is 4.75. The summed E-state index contributed by atoms with van der Waals surface area (Å²) in [6.45, 7) is 3.12. The van der Waals surface area contributed by atoms with E-state index in [1.54, 1.807) is 31.0 Å². The minimum Gasteiger partial charge on any atom is -0.466 e. The Hall–Kier alpha value is -2.70. The Balaban J connectivity index is 1.80. The molecule has 0 spiro atoms. The zero-order chi connectivity index (χ0) is 18.7. The van der Waals surface area contributed by atoms with E-state index in [9.17, 15) is 14.4 Å². The Morgan fingerprint density at radius 2 is 2.00 bits per heavy atom. The Kier molecular flexibility index (Phi) is 5.35. The van der Waals surface area contributed by atoms with E-state index in [1.165, 1.54) is 4.68 Å². The molecule has 7 nitrogen and oxygen atoms in total. The van der Waals surface area contributed by atoms with Gasteiger partial charge in [-0.2, -0.15) is 5.10 Å². The van der Waals surface area contributed by atoms with Crippen LogP contribution in [0.4, 0.5) is 0 Å². The first kappa shape index (κ1) is 18.1. The van der Waals surface area contributed by atoms with Gasteiger partial charge in [-0.3, -0.25) is 14.4 Å². The summed E-state index contributed by atoms with van der Waals surface area (Å²) >= 11 is 0. The van der Waals surface area contributed by atoms with Crippen LogP contribution in [-0.2, 0) is 27.8 Å². The number of fused-ring (bicyclic) bond motifs is 1. The fraction of sp³-hybridized carbons (Fsp3) is 0.474. The van der Waals surface area contributed by atoms with Gasteiger partial charge in [0.1, 0.15) is 0 Å². The molecule has 0 radical (unpaired) electrons. The van der Waals surface area contributed by atoms with Crippen LogP contribution in [0.3, 0.4) is 0 Å². The Morgan fingerprint density at radius 3 is 2.73 bits per heavy atom. The molecule has 1 saturated heterocycles. The van der Waals surface area contributed by atoms with Crippen molar-refractivity contribution in [3.8, 4) is 0 Å². The van der Waals surface area contributed by atoms with E-state index in [2.05, 4.69) is 5.10 Å². The summed E-state index contributed by atoms with van der Waals surface area (Å²) in [5.74, 6) is -0.594. The Bertz CT molecular complexity index is 890. The third kappa shape index (κ3) is 3.61. The molecule has 0 aliphatic carbocycles. The standard InChI is InChI=1S/C19H23N3O4/c1-3-26-19(25)13-7-6-10-22(12-13)17(23)11-16-14-8-4-5-9-15(14)18(24)21(2)20-16/h4-5,8-9,13H,3,6-7,10-12H2,1-2H3. The number of carbonyl (C=O) groups is 2. The normalized spacial score (nSPS) is 17.3. The van der Waals surface area contributed by atoms with Crippen molar-refractivity contribution >= 4 is 22.6 Å². The number of nitrogens with zero attached hydrogens (tertiary/aromatic N) is 3. The van der Waals surface area contributed by atoms with Gasteiger partial charge in [0.25, 0.3) is 5.56 Å². The molecule has 2 aromatic rings. The molecular weight excluding hydrogens is 334 g/mol. The second kappa shape index (κ2) is 7.68. The molecule has 0 saturated carbocycles. The average molecular weight is 357 g/mol. The van der Waals surface area contributed by atoms with Gasteiger partial charge in [-0.05, 0) is 25.8 Å². The fourth-order valence-electron chi connectivity index (χ4n) is 3.42. The highest BCUT2D eigenvalue weighted by atomic mass is 16.5. The number of benzene rings is 1. The lowest BCUT2D eigenvalue weighted by molar-refractivity contribution is -0.151. The molecule has 3 rings (SSSR count). The highest BCUT2D eigenvalue weighted by molar-refractivity contribution is 5.88. The molecule has 1 fully saturated rings. The lowest BCUT2D eigenvalue weighted by Crippen LogP contribution is -2.43. The van der Waals surface area contributed by atoms with Gasteiger partial charge in [-0.15, -0.1) is 0 Å². The molecular formula is C19H23N3O4. The van der Waals surface area contributed by atoms with E-state index in [0.717, 1.165) is 12.8 Å². The summed E-state index contributed by atoms with van der Waals surface area (Å²) in [5, 5.41) is 5.53. The molecule has 1 aliphatic heterocycles. The number of hydrogen-bond acceptors (Lipinski definition) is 5. The number of hydrogen-bond donors (Lipinski definition) is 0. The van der Waals surface area contributed by atoms with Crippen LogP contribution < -0.4 is 5.56 Å². The highest BCUT2D eigenvalue weighted by Crippen LogP contribution is 2.20. The van der Waals surface area contributed by atoms with Crippen LogP contribution in [0.15, 0.2) is 29.1 Å². The number of likely N-dealkylation sites (tertiary alicyclic amines) is 1. The molecule has 1 unspecified atom stereocenters. The Morgan fingerprint density at radius 1 is 1.27 bits per heavy atom. The summed E-state index contributed by atoms with van der Waals surface area (Å²) in [7, 11) is 1.58. The van der Waals surface area contributed by atoms with Gasteiger partial charge in [0.05, 0.1) is 30.0 Å². The van der Waals surface area contributed by atoms with Crippen LogP contribution >= 0.6 is 0 Å². The van der Waals surface area contributed by atoms with Crippen molar-refractivity contribution in [2.24, 2.45) is 13.0 Å². The van der Waals surface area contributed by atoms with E-state index in [1.807, 2.05) is 12.1 Å². The van der Waals surface area contributed by atoms with E-state index in [0.29, 0.717) is 36.2 Å². The van der Waals surface area contributed by atoms with Crippen molar-refractivity contribution in [2.45, 2.75) is 26.2 Å². The fourth-order valence-corrected chi connectivity index (χ4v) is 3.42. The summed E-state index contributed by atoms with van der Waals surface area (Å²) in [4.78, 5) is 38.7. The maximum absolute atomic E-state index is 12.8. The quantitative estimate of drug-likeness (QED) is 0.770. The van der Waals surface area contributed by atoms with Crippen LogP contribution in [0.5, 0.6) is 0 Å². The van der Waals surface area contributed by atoms with Crippen LogP contribution in [0.25, 0.3) is 10.8 Å². The van der Waals surface area contributed by atoms with Crippen LogP contribution in [-0.4, -0.2) is 46.3 Å². The number of esters is 1. The van der Waals surface area contributed by atoms with Crippen molar-refractivity contribution in [1.82, 2.24) is 14.7 Å². The van der Waals surface area contributed by atoms with Gasteiger partial charge in [0.15, 0.2) is 0 Å². The maximum atomic E-state index is 12.8. The van der Waals surface area contributed by atoms with Gasteiger partial charge in [-0.25, -0.2) is 4.68 Å². The zero-order valence-electron chi connectivity index (χ0n) is 15.1. The zero-order valence-corrected chi connectivity index (χ0v) is 15.1. The number of piperidine rings is 1. The summed E-state index contributed by atoms with van der Waals surface area (Å²) in [6, 6.07) is 7.17. The molecule has 0 bridgehead atoms. The van der Waals surface area contributed by atoms with Crippen molar-refractivity contribution < 1.29 is 14.3 Å². The molecule has 0 N–H and O–H groups in total. The monoisotopic (exact) mass is 357 g/mol. The SMILES string of the molecule is CCOC(=O)C1CCCN(C(=O)Cc2nn(C)c(=O)c3ccccc23)C1. The Labute approximate surface area is 151 Å². The van der Waals surface area contributed by atoms with Gasteiger partial charge in [-0.1, -0.05) is 18.2 Å². The molecule has 138 valence electrons. The molecule has 2 heterocycles. The number of ether oxygens (including phenoxy) is 1. The number of aryl methyl sites for hydroxylation is 1. The molecule has 26 heavy (non-hydrogen) atoms. The summed E-state index contributed by atoms with van der Waals surface area (Å²) in [5.41, 5.74) is 0.392. The van der Waals surface area contributed by atoms with E-state index in [4.69, 9.17) is 4.74 Å². The number of amides is 1. The average Bonchev–Trinajstić information content (AvgIpc) is 2.66. The molecule has 1 amide bonds. The van der Waals surface area contributed by atoms with Gasteiger partial charge in [0, 0.05) is 25.5 Å². The van der Waals surface area contributed by atoms with Gasteiger partial charge in [0.2, 0.25) is 5.91 Å². The van der Waals surface area contributed by atoms with Gasteiger partial charge < -0.3 is 9.64 Å². The first-order valence-corrected chi connectivity index (χ1v) is 8.90. The third-order valence-corrected chi connectivity index (χ3v) is 4.75. The predicted molar refractivity (Wildman–Crippen MR) is 96.6 cm³/mol. The van der Waals surface area contributed by atoms with Crippen molar-refractivity contribution in [3.05, 3.63) is 40.3 Å². The van der Waals surface area contributed by atoms with E-state index in [-0.39, 0.29) is 29.8 Å². The first-order chi connectivity index (χ1) is 12.5. The van der Waals surface area contributed by atoms with Gasteiger partial charge >= 0.3 is 5.97 Å². The minimum atomic E-state index is -0.266. The second-order valence-corrected chi connectivity index (χ2v) is 6.53. The number of carbonyl (C=O) groups excluding carboxylic acids is 2. The lowest BCUT2D eigenvalue weighted by Gasteiger charge is -2.31. The summed E-state index contributed by atoms with van der Waals surface area (Å²) < 4.78 is 6.35.